The Balaban J connectivity index is 1.40. The molecular weight excluding hydrogens is 340 g/mol. The molecule has 0 unspecified atom stereocenters. The van der Waals surface area contributed by atoms with E-state index in [0.717, 1.165) is 76.6 Å². The number of piperidine rings is 2. The molecule has 0 bridgehead atoms. The van der Waals surface area contributed by atoms with E-state index in [9.17, 15) is 9.59 Å². The fourth-order valence-electron chi connectivity index (χ4n) is 4.70. The predicted octanol–water partition coefficient (Wildman–Crippen LogP) is 2.72. The molecule has 150 valence electrons. The van der Waals surface area contributed by atoms with Gasteiger partial charge >= 0.3 is 0 Å². The maximum Gasteiger partial charge on any atom is 0.224 e. The van der Waals surface area contributed by atoms with Gasteiger partial charge in [-0.3, -0.25) is 9.59 Å². The predicted molar refractivity (Wildman–Crippen MR) is 105 cm³/mol. The lowest BCUT2D eigenvalue weighted by atomic mass is 9.78. The number of amides is 2. The smallest absolute Gasteiger partial charge is 0.224 e. The molecule has 2 fully saturated rings. The first-order valence-corrected chi connectivity index (χ1v) is 10.7. The highest BCUT2D eigenvalue weighted by atomic mass is 16.2. The minimum absolute atomic E-state index is 0.271. The average Bonchev–Trinajstić information content (AvgIpc) is 3.19. The van der Waals surface area contributed by atoms with Gasteiger partial charge in [0.25, 0.3) is 0 Å². The molecule has 0 aliphatic carbocycles. The van der Waals surface area contributed by atoms with Gasteiger partial charge in [0.1, 0.15) is 5.82 Å². The summed E-state index contributed by atoms with van der Waals surface area (Å²) in [7, 11) is 0. The topological polar surface area (TPSA) is 58.4 Å². The minimum Gasteiger partial charge on any atom is -0.343 e. The monoisotopic (exact) mass is 374 g/mol. The zero-order valence-corrected chi connectivity index (χ0v) is 16.9. The highest BCUT2D eigenvalue weighted by Gasteiger charge is 2.31. The van der Waals surface area contributed by atoms with Gasteiger partial charge < -0.3 is 14.4 Å². The molecule has 2 aliphatic heterocycles. The van der Waals surface area contributed by atoms with Crippen LogP contribution in [0.15, 0.2) is 12.4 Å². The number of likely N-dealkylation sites (tertiary alicyclic amines) is 2. The van der Waals surface area contributed by atoms with Crippen LogP contribution in [-0.4, -0.2) is 57.3 Å². The van der Waals surface area contributed by atoms with Crippen molar-refractivity contribution in [2.75, 3.05) is 26.2 Å². The summed E-state index contributed by atoms with van der Waals surface area (Å²) in [5, 5.41) is 0. The van der Waals surface area contributed by atoms with Gasteiger partial charge in [0.05, 0.1) is 0 Å². The fourth-order valence-corrected chi connectivity index (χ4v) is 4.70. The van der Waals surface area contributed by atoms with Crippen molar-refractivity contribution in [1.82, 2.24) is 19.4 Å². The Labute approximate surface area is 162 Å². The van der Waals surface area contributed by atoms with Crippen LogP contribution in [0.25, 0.3) is 0 Å². The highest BCUT2D eigenvalue weighted by Crippen LogP contribution is 2.32. The molecule has 0 atom stereocenters. The SMILES string of the molecule is CCC(=O)N1CCC(C2CCN(C(=O)CCn3ccnc3CC)CC2)CC1. The maximum absolute atomic E-state index is 12.6. The number of hydrogen-bond donors (Lipinski definition) is 0. The van der Waals surface area contributed by atoms with Crippen LogP contribution in [-0.2, 0) is 22.6 Å². The number of aryl methyl sites for hydroxylation is 2. The van der Waals surface area contributed by atoms with Crippen LogP contribution >= 0.6 is 0 Å². The normalized spacial score (nSPS) is 19.5. The second-order valence-corrected chi connectivity index (χ2v) is 7.93. The molecule has 27 heavy (non-hydrogen) atoms. The van der Waals surface area contributed by atoms with Gasteiger partial charge in [0.2, 0.25) is 11.8 Å². The van der Waals surface area contributed by atoms with E-state index < -0.39 is 0 Å². The second kappa shape index (κ2) is 9.38. The maximum atomic E-state index is 12.6. The zero-order chi connectivity index (χ0) is 19.2. The minimum atomic E-state index is 0.271. The molecular formula is C21H34N4O2. The van der Waals surface area contributed by atoms with Gasteiger partial charge in [0, 0.05) is 64.4 Å². The fraction of sp³-hybridized carbons (Fsp3) is 0.762. The first-order valence-electron chi connectivity index (χ1n) is 10.7. The van der Waals surface area contributed by atoms with E-state index in [0.29, 0.717) is 18.8 Å². The third-order valence-corrected chi connectivity index (χ3v) is 6.44. The Morgan fingerprint density at radius 1 is 0.963 bits per heavy atom. The van der Waals surface area contributed by atoms with Gasteiger partial charge in [-0.15, -0.1) is 0 Å². The van der Waals surface area contributed by atoms with Crippen molar-refractivity contribution in [3.05, 3.63) is 18.2 Å². The standard InChI is InChI=1S/C21H34N4O2/c1-3-19-22-10-16-23(19)15-9-21(27)25-13-7-18(8-14-25)17-5-11-24(12-6-17)20(26)4-2/h10,16-18H,3-9,11-15H2,1-2H3. The molecule has 0 aromatic carbocycles. The van der Waals surface area contributed by atoms with Crippen LogP contribution in [0.2, 0.25) is 0 Å². The molecule has 0 N–H and O–H groups in total. The van der Waals surface area contributed by atoms with Gasteiger partial charge in [-0.25, -0.2) is 4.98 Å². The van der Waals surface area contributed by atoms with Crippen LogP contribution in [0, 0.1) is 11.8 Å². The lowest BCUT2D eigenvalue weighted by Crippen LogP contribution is -2.44. The summed E-state index contributed by atoms with van der Waals surface area (Å²) in [5.74, 6) is 3.05. The summed E-state index contributed by atoms with van der Waals surface area (Å²) in [4.78, 5) is 32.8. The van der Waals surface area contributed by atoms with Crippen molar-refractivity contribution < 1.29 is 9.59 Å². The second-order valence-electron chi connectivity index (χ2n) is 7.93. The molecule has 2 amide bonds. The molecule has 1 aromatic rings. The van der Waals surface area contributed by atoms with Crippen molar-refractivity contribution >= 4 is 11.8 Å². The van der Waals surface area contributed by atoms with E-state index in [1.54, 1.807) is 0 Å². The molecule has 6 heteroatoms. The third-order valence-electron chi connectivity index (χ3n) is 6.44. The number of carbonyl (C=O) groups is 2. The van der Waals surface area contributed by atoms with Crippen LogP contribution in [0.5, 0.6) is 0 Å². The van der Waals surface area contributed by atoms with E-state index in [1.807, 2.05) is 24.2 Å². The molecule has 2 aliphatic rings. The third kappa shape index (κ3) is 4.90. The summed E-state index contributed by atoms with van der Waals surface area (Å²) in [5.41, 5.74) is 0. The summed E-state index contributed by atoms with van der Waals surface area (Å²) in [6.45, 7) is 8.38. The molecule has 6 nitrogen and oxygen atoms in total. The van der Waals surface area contributed by atoms with Crippen LogP contribution in [0.1, 0.15) is 58.2 Å². The van der Waals surface area contributed by atoms with Crippen molar-refractivity contribution in [3.63, 3.8) is 0 Å². The number of aromatic nitrogens is 2. The summed E-state index contributed by atoms with van der Waals surface area (Å²) >= 11 is 0. The van der Waals surface area contributed by atoms with Gasteiger partial charge in [-0.2, -0.15) is 0 Å². The van der Waals surface area contributed by atoms with Crippen molar-refractivity contribution in [2.45, 2.75) is 65.3 Å². The number of carbonyl (C=O) groups excluding carboxylic acids is 2. The number of hydrogen-bond acceptors (Lipinski definition) is 3. The summed E-state index contributed by atoms with van der Waals surface area (Å²) in [6, 6.07) is 0. The number of imidazole rings is 1. The number of nitrogens with zero attached hydrogens (tertiary/aromatic N) is 4. The lowest BCUT2D eigenvalue weighted by molar-refractivity contribution is -0.135. The Kier molecular flexibility index (Phi) is 6.91. The van der Waals surface area contributed by atoms with Crippen molar-refractivity contribution in [2.24, 2.45) is 11.8 Å². The molecule has 3 heterocycles. The van der Waals surface area contributed by atoms with Gasteiger partial charge in [-0.05, 0) is 37.5 Å². The lowest BCUT2D eigenvalue weighted by Gasteiger charge is -2.40. The van der Waals surface area contributed by atoms with Crippen LogP contribution in [0.3, 0.4) is 0 Å². The Morgan fingerprint density at radius 2 is 1.52 bits per heavy atom. The molecule has 0 spiro atoms. The zero-order valence-electron chi connectivity index (χ0n) is 16.9. The van der Waals surface area contributed by atoms with Crippen LogP contribution < -0.4 is 0 Å². The van der Waals surface area contributed by atoms with E-state index in [-0.39, 0.29) is 11.8 Å². The highest BCUT2D eigenvalue weighted by molar-refractivity contribution is 5.76. The molecule has 0 radical (unpaired) electrons. The van der Waals surface area contributed by atoms with Gasteiger partial charge in [-0.1, -0.05) is 13.8 Å². The molecule has 3 rings (SSSR count). The summed E-state index contributed by atoms with van der Waals surface area (Å²) in [6.07, 6.45) is 10.3. The first-order chi connectivity index (χ1) is 13.1. The molecule has 1 aromatic heterocycles. The molecule has 2 saturated heterocycles. The van der Waals surface area contributed by atoms with Gasteiger partial charge in [0.15, 0.2) is 0 Å². The van der Waals surface area contributed by atoms with E-state index >= 15 is 0 Å². The van der Waals surface area contributed by atoms with Crippen molar-refractivity contribution in [1.29, 1.82) is 0 Å². The molecule has 0 saturated carbocycles. The Hall–Kier alpha value is -1.85. The first kappa shape index (κ1) is 19.9. The van der Waals surface area contributed by atoms with E-state index in [4.69, 9.17) is 0 Å². The van der Waals surface area contributed by atoms with E-state index in [1.165, 1.54) is 0 Å². The average molecular weight is 375 g/mol. The van der Waals surface area contributed by atoms with Crippen LogP contribution in [0.4, 0.5) is 0 Å². The summed E-state index contributed by atoms with van der Waals surface area (Å²) < 4.78 is 2.09. The Morgan fingerprint density at radius 3 is 2.04 bits per heavy atom. The largest absolute Gasteiger partial charge is 0.343 e. The van der Waals surface area contributed by atoms with E-state index in [2.05, 4.69) is 21.4 Å². The Bertz CT molecular complexity index is 626. The number of rotatable bonds is 6. The quantitative estimate of drug-likeness (QED) is 0.769. The van der Waals surface area contributed by atoms with Crippen molar-refractivity contribution in [3.8, 4) is 0 Å².